The fourth-order valence-electron chi connectivity index (χ4n) is 5.78. The van der Waals surface area contributed by atoms with Crippen LogP contribution in [0.5, 0.6) is 0 Å². The summed E-state index contributed by atoms with van der Waals surface area (Å²) >= 11 is 0. The highest BCUT2D eigenvalue weighted by Gasteiger charge is 2.38. The summed E-state index contributed by atoms with van der Waals surface area (Å²) in [4.78, 5) is 2.08. The van der Waals surface area contributed by atoms with Gasteiger partial charge in [0.2, 0.25) is 5.79 Å². The lowest BCUT2D eigenvalue weighted by molar-refractivity contribution is -0.262. The highest BCUT2D eigenvalue weighted by molar-refractivity contribution is 8.93. The minimum atomic E-state index is -1.23. The van der Waals surface area contributed by atoms with E-state index in [1.807, 2.05) is 14.1 Å². The highest BCUT2D eigenvalue weighted by Crippen LogP contribution is 2.22. The van der Waals surface area contributed by atoms with Gasteiger partial charge in [-0.15, -0.1) is 17.0 Å². The van der Waals surface area contributed by atoms with E-state index in [2.05, 4.69) is 25.7 Å². The summed E-state index contributed by atoms with van der Waals surface area (Å²) in [7, 11) is 4.05. The number of hydrogen-bond acceptors (Lipinski definition) is 4. The van der Waals surface area contributed by atoms with Gasteiger partial charge in [0.15, 0.2) is 0 Å². The highest BCUT2D eigenvalue weighted by atomic mass is 79.9. The van der Waals surface area contributed by atoms with Gasteiger partial charge in [0.25, 0.3) is 0 Å². The van der Waals surface area contributed by atoms with Gasteiger partial charge in [0.1, 0.15) is 6.61 Å². The van der Waals surface area contributed by atoms with Gasteiger partial charge in [-0.25, -0.2) is 0 Å². The molecule has 244 valence electrons. The first-order valence-electron chi connectivity index (χ1n) is 17.6. The van der Waals surface area contributed by atoms with E-state index in [9.17, 15) is 5.11 Å². The number of rotatable bonds is 32. The van der Waals surface area contributed by atoms with Gasteiger partial charge < -0.3 is 19.5 Å². The first-order valence-corrected chi connectivity index (χ1v) is 17.6. The van der Waals surface area contributed by atoms with E-state index in [1.54, 1.807) is 0 Å². The van der Waals surface area contributed by atoms with Crippen LogP contribution in [0.15, 0.2) is 0 Å². The predicted octanol–water partition coefficient (Wildman–Crippen LogP) is 11.0. The third kappa shape index (κ3) is 26.0. The fourth-order valence-corrected chi connectivity index (χ4v) is 5.78. The smallest absolute Gasteiger partial charge is 0.205 e. The fraction of sp³-hybridized carbons (Fsp3) is 1.00. The number of hydrogen-bond donors (Lipinski definition) is 1. The Morgan fingerprint density at radius 2 is 0.850 bits per heavy atom. The monoisotopic (exact) mass is 635 g/mol. The normalized spacial score (nSPS) is 13.9. The molecule has 0 bridgehead atoms. The van der Waals surface area contributed by atoms with Crippen molar-refractivity contribution in [1.82, 2.24) is 4.90 Å². The third-order valence-electron chi connectivity index (χ3n) is 8.33. The molecule has 1 N–H and O–H groups in total. The van der Waals surface area contributed by atoms with Gasteiger partial charge in [0, 0.05) is 6.61 Å². The molecule has 40 heavy (non-hydrogen) atoms. The molecule has 0 aliphatic rings. The molecule has 0 fully saturated rings. The van der Waals surface area contributed by atoms with Crippen LogP contribution >= 0.6 is 17.0 Å². The van der Waals surface area contributed by atoms with E-state index >= 15 is 0 Å². The van der Waals surface area contributed by atoms with Crippen molar-refractivity contribution in [3.63, 3.8) is 0 Å². The summed E-state index contributed by atoms with van der Waals surface area (Å²) in [6.07, 6.45) is 32.9. The molecule has 0 saturated carbocycles. The second kappa shape index (κ2) is 32.2. The second-order valence-electron chi connectivity index (χ2n) is 12.4. The molecule has 0 aliphatic heterocycles. The number of ether oxygens (including phenoxy) is 2. The van der Waals surface area contributed by atoms with Crippen LogP contribution in [0.25, 0.3) is 0 Å². The number of likely N-dealkylation sites (N-methyl/N-ethyl adjacent to an activating group) is 1. The van der Waals surface area contributed by atoms with Gasteiger partial charge in [-0.1, -0.05) is 162 Å². The van der Waals surface area contributed by atoms with Crippen LogP contribution in [0.2, 0.25) is 0 Å². The van der Waals surface area contributed by atoms with Crippen molar-refractivity contribution in [2.24, 2.45) is 0 Å². The number of nitrogens with zero attached hydrogens (tertiary/aromatic N) is 1. The minimum absolute atomic E-state index is 0. The zero-order chi connectivity index (χ0) is 28.9. The van der Waals surface area contributed by atoms with E-state index in [1.165, 1.54) is 141 Å². The molecule has 0 amide bonds. The summed E-state index contributed by atoms with van der Waals surface area (Å²) in [5.74, 6) is -1.23. The lowest BCUT2D eigenvalue weighted by Gasteiger charge is -2.39. The van der Waals surface area contributed by atoms with Crippen LogP contribution in [0.4, 0.5) is 0 Å². The van der Waals surface area contributed by atoms with Gasteiger partial charge >= 0.3 is 0 Å². The molecule has 5 heteroatoms. The zero-order valence-electron chi connectivity index (χ0n) is 28.0. The van der Waals surface area contributed by atoms with Crippen molar-refractivity contribution in [3.05, 3.63) is 0 Å². The summed E-state index contributed by atoms with van der Waals surface area (Å²) in [5, 5.41) is 11.4. The van der Waals surface area contributed by atoms with Crippen LogP contribution < -0.4 is 0 Å². The van der Waals surface area contributed by atoms with Gasteiger partial charge in [0.05, 0.1) is 12.6 Å². The number of unbranched alkanes of at least 4 members (excludes halogenated alkanes) is 22. The average molecular weight is 637 g/mol. The molecule has 0 aromatic heterocycles. The van der Waals surface area contributed by atoms with E-state index in [0.29, 0.717) is 13.2 Å². The molecular formula is C35H74BrNO3. The van der Waals surface area contributed by atoms with Crippen molar-refractivity contribution in [2.75, 3.05) is 33.9 Å². The van der Waals surface area contributed by atoms with Crippen LogP contribution in [0.3, 0.4) is 0 Å². The van der Waals surface area contributed by atoms with Crippen molar-refractivity contribution < 1.29 is 14.6 Å². The number of aliphatic hydroxyl groups is 1. The summed E-state index contributed by atoms with van der Waals surface area (Å²) < 4.78 is 12.1. The molecule has 0 aliphatic carbocycles. The van der Waals surface area contributed by atoms with Crippen molar-refractivity contribution >= 4 is 17.0 Å². The maximum Gasteiger partial charge on any atom is 0.205 e. The standard InChI is InChI=1S/C35H73NO3.BrH/c1-6-9-11-13-15-17-19-21-23-25-27-29-31-38-33-35(37,34(8-3)36(4)5)39-32-30-28-26-24-22-20-18-16-14-12-10-7-2;/h34,37H,6-33H2,1-5H3;1H. The van der Waals surface area contributed by atoms with E-state index < -0.39 is 5.79 Å². The van der Waals surface area contributed by atoms with Gasteiger partial charge in [-0.2, -0.15) is 0 Å². The lowest BCUT2D eigenvalue weighted by atomic mass is 10.0. The quantitative estimate of drug-likeness (QED) is 0.0589. The third-order valence-corrected chi connectivity index (χ3v) is 8.33. The SMILES string of the molecule is Br.CCCCCCCCCCCCCCOCC(O)(OCCCCCCCCCCCCCC)C(CC)N(C)C. The molecule has 2 unspecified atom stereocenters. The summed E-state index contributed by atoms with van der Waals surface area (Å²) in [6.45, 7) is 8.27. The maximum atomic E-state index is 11.4. The predicted molar refractivity (Wildman–Crippen MR) is 182 cm³/mol. The molecular weight excluding hydrogens is 562 g/mol. The first-order chi connectivity index (χ1) is 19.0. The van der Waals surface area contributed by atoms with Crippen LogP contribution in [0.1, 0.15) is 181 Å². The Balaban J connectivity index is 0. The van der Waals surface area contributed by atoms with Crippen LogP contribution in [0, 0.1) is 0 Å². The number of halogens is 1. The maximum absolute atomic E-state index is 11.4. The zero-order valence-corrected chi connectivity index (χ0v) is 29.7. The largest absolute Gasteiger partial charge is 0.376 e. The van der Waals surface area contributed by atoms with E-state index in [4.69, 9.17) is 9.47 Å². The topological polar surface area (TPSA) is 41.9 Å². The molecule has 0 heterocycles. The Morgan fingerprint density at radius 1 is 0.525 bits per heavy atom. The summed E-state index contributed by atoms with van der Waals surface area (Å²) in [6, 6.07) is -0.0585. The molecule has 2 atom stereocenters. The van der Waals surface area contributed by atoms with Crippen molar-refractivity contribution in [2.45, 2.75) is 193 Å². The molecule has 0 rings (SSSR count). The van der Waals surface area contributed by atoms with Crippen LogP contribution in [-0.2, 0) is 9.47 Å². The Kier molecular flexibility index (Phi) is 34.2. The molecule has 0 spiro atoms. The van der Waals surface area contributed by atoms with E-state index in [0.717, 1.165) is 19.3 Å². The Labute approximate surface area is 262 Å². The van der Waals surface area contributed by atoms with Gasteiger partial charge in [-0.3, -0.25) is 0 Å². The first kappa shape index (κ1) is 42.5. The molecule has 0 aromatic rings. The Hall–Kier alpha value is 0.320. The molecule has 0 aromatic carbocycles. The molecule has 0 saturated heterocycles. The van der Waals surface area contributed by atoms with Crippen LogP contribution in [-0.4, -0.2) is 55.8 Å². The Morgan fingerprint density at radius 3 is 1.18 bits per heavy atom. The lowest BCUT2D eigenvalue weighted by Crippen LogP contribution is -2.55. The molecule has 4 nitrogen and oxygen atoms in total. The average Bonchev–Trinajstić information content (AvgIpc) is 2.91. The van der Waals surface area contributed by atoms with Gasteiger partial charge in [-0.05, 0) is 33.4 Å². The van der Waals surface area contributed by atoms with E-state index in [-0.39, 0.29) is 29.6 Å². The Bertz CT molecular complexity index is 480. The minimum Gasteiger partial charge on any atom is -0.376 e. The van der Waals surface area contributed by atoms with Crippen molar-refractivity contribution in [3.8, 4) is 0 Å². The molecule has 0 radical (unpaired) electrons. The second-order valence-corrected chi connectivity index (χ2v) is 12.4. The van der Waals surface area contributed by atoms with Crippen molar-refractivity contribution in [1.29, 1.82) is 0 Å². The summed E-state index contributed by atoms with van der Waals surface area (Å²) in [5.41, 5.74) is 0.